The van der Waals surface area contributed by atoms with Crippen LogP contribution in [-0.2, 0) is 4.79 Å². The van der Waals surface area contributed by atoms with Crippen LogP contribution in [0.1, 0.15) is 45.6 Å². The van der Waals surface area contributed by atoms with Crippen LogP contribution in [0.25, 0.3) is 5.69 Å². The van der Waals surface area contributed by atoms with Crippen molar-refractivity contribution in [2.24, 2.45) is 11.8 Å². The van der Waals surface area contributed by atoms with Gasteiger partial charge in [0.15, 0.2) is 0 Å². The van der Waals surface area contributed by atoms with Crippen LogP contribution in [-0.4, -0.2) is 44.5 Å². The molecular formula is C20H29N5O2S. The van der Waals surface area contributed by atoms with Crippen LogP contribution in [0.5, 0.6) is 5.75 Å². The van der Waals surface area contributed by atoms with Gasteiger partial charge in [-0.3, -0.25) is 4.79 Å². The van der Waals surface area contributed by atoms with E-state index in [2.05, 4.69) is 34.7 Å². The van der Waals surface area contributed by atoms with Crippen molar-refractivity contribution in [3.8, 4) is 11.4 Å². The highest BCUT2D eigenvalue weighted by Crippen LogP contribution is 2.31. The van der Waals surface area contributed by atoms with E-state index in [1.807, 2.05) is 32.0 Å². The van der Waals surface area contributed by atoms with Gasteiger partial charge in [-0.2, -0.15) is 4.68 Å². The first-order valence-corrected chi connectivity index (χ1v) is 10.7. The molecule has 0 bridgehead atoms. The van der Waals surface area contributed by atoms with Crippen LogP contribution in [0.4, 0.5) is 0 Å². The smallest absolute Gasteiger partial charge is 0.233 e. The lowest BCUT2D eigenvalue weighted by molar-refractivity contribution is -0.121. The standard InChI is InChI=1S/C20H29N5O2S/c1-12-9-10-18(27-5)17(11-12)25-20(22-23-24-25)28-15(4)19(26)21-16-8-6-7-13(2)14(16)3/h9-11,13-16H,6-8H2,1-5H3,(H,21,26)/t13-,14-,15+,16+/m0/s1. The van der Waals surface area contributed by atoms with E-state index >= 15 is 0 Å². The predicted octanol–water partition coefficient (Wildman–Crippen LogP) is 3.40. The minimum atomic E-state index is -0.301. The number of nitrogens with one attached hydrogen (secondary N) is 1. The lowest BCUT2D eigenvalue weighted by Gasteiger charge is -2.35. The summed E-state index contributed by atoms with van der Waals surface area (Å²) in [6.07, 6.45) is 3.46. The van der Waals surface area contributed by atoms with Gasteiger partial charge < -0.3 is 10.1 Å². The van der Waals surface area contributed by atoms with E-state index in [9.17, 15) is 4.79 Å². The maximum Gasteiger partial charge on any atom is 0.233 e. The molecule has 1 aliphatic rings. The van der Waals surface area contributed by atoms with Crippen molar-refractivity contribution in [3.63, 3.8) is 0 Å². The molecule has 0 spiro atoms. The normalized spacial score (nSPS) is 23.2. The van der Waals surface area contributed by atoms with E-state index in [0.717, 1.165) is 17.7 Å². The molecule has 1 fully saturated rings. The summed E-state index contributed by atoms with van der Waals surface area (Å²) in [6.45, 7) is 8.40. The highest BCUT2D eigenvalue weighted by Gasteiger charge is 2.30. The van der Waals surface area contributed by atoms with Crippen molar-refractivity contribution >= 4 is 17.7 Å². The molecule has 3 rings (SSSR count). The first-order valence-electron chi connectivity index (χ1n) is 9.81. The van der Waals surface area contributed by atoms with Gasteiger partial charge in [0.1, 0.15) is 11.4 Å². The molecule has 0 aliphatic heterocycles. The molecule has 1 aromatic heterocycles. The zero-order valence-electron chi connectivity index (χ0n) is 17.2. The summed E-state index contributed by atoms with van der Waals surface area (Å²) >= 11 is 1.35. The Morgan fingerprint density at radius 3 is 2.89 bits per heavy atom. The lowest BCUT2D eigenvalue weighted by atomic mass is 9.78. The summed E-state index contributed by atoms with van der Waals surface area (Å²) in [4.78, 5) is 12.8. The second-order valence-corrected chi connectivity index (χ2v) is 9.00. The van der Waals surface area contributed by atoms with Crippen LogP contribution in [0.15, 0.2) is 23.4 Å². The molecule has 8 heteroatoms. The topological polar surface area (TPSA) is 81.9 Å². The molecule has 7 nitrogen and oxygen atoms in total. The number of aromatic nitrogens is 4. The van der Waals surface area contributed by atoms with E-state index in [1.54, 1.807) is 11.8 Å². The zero-order valence-corrected chi connectivity index (χ0v) is 18.0. The summed E-state index contributed by atoms with van der Waals surface area (Å²) < 4.78 is 7.08. The Bertz CT molecular complexity index is 825. The molecule has 1 heterocycles. The van der Waals surface area contributed by atoms with E-state index in [0.29, 0.717) is 22.7 Å². The summed E-state index contributed by atoms with van der Waals surface area (Å²) in [5, 5.41) is 15.5. The minimum absolute atomic E-state index is 0.0294. The number of carbonyl (C=O) groups is 1. The Morgan fingerprint density at radius 2 is 2.14 bits per heavy atom. The van der Waals surface area contributed by atoms with Gasteiger partial charge in [0, 0.05) is 6.04 Å². The zero-order chi connectivity index (χ0) is 20.3. The average molecular weight is 404 g/mol. The minimum Gasteiger partial charge on any atom is -0.494 e. The van der Waals surface area contributed by atoms with E-state index < -0.39 is 0 Å². The van der Waals surface area contributed by atoms with Crippen molar-refractivity contribution in [1.29, 1.82) is 0 Å². The van der Waals surface area contributed by atoms with E-state index in [4.69, 9.17) is 4.74 Å². The fourth-order valence-corrected chi connectivity index (χ4v) is 4.48. The van der Waals surface area contributed by atoms with Crippen LogP contribution < -0.4 is 10.1 Å². The number of nitrogens with zero attached hydrogens (tertiary/aromatic N) is 4. The highest BCUT2D eigenvalue weighted by molar-refractivity contribution is 8.00. The number of tetrazole rings is 1. The molecule has 1 N–H and O–H groups in total. The molecule has 0 unspecified atom stereocenters. The molecule has 4 atom stereocenters. The van der Waals surface area contributed by atoms with Gasteiger partial charge in [-0.05, 0) is 60.2 Å². The molecule has 0 saturated heterocycles. The number of hydrogen-bond donors (Lipinski definition) is 1. The van der Waals surface area contributed by atoms with E-state index in [-0.39, 0.29) is 17.2 Å². The van der Waals surface area contributed by atoms with Crippen LogP contribution in [0.2, 0.25) is 0 Å². The quantitative estimate of drug-likeness (QED) is 0.745. The summed E-state index contributed by atoms with van der Waals surface area (Å²) in [7, 11) is 1.62. The largest absolute Gasteiger partial charge is 0.494 e. The Labute approximate surface area is 170 Å². The van der Waals surface area contributed by atoms with Crippen LogP contribution in [0, 0.1) is 18.8 Å². The van der Waals surface area contributed by atoms with Gasteiger partial charge in [-0.1, -0.05) is 44.5 Å². The number of ether oxygens (including phenoxy) is 1. The number of thioether (sulfide) groups is 1. The van der Waals surface area contributed by atoms with Crippen molar-refractivity contribution in [3.05, 3.63) is 23.8 Å². The number of hydrogen-bond acceptors (Lipinski definition) is 6. The molecule has 2 aromatic rings. The fourth-order valence-electron chi connectivity index (χ4n) is 3.67. The Hall–Kier alpha value is -2.09. The lowest BCUT2D eigenvalue weighted by Crippen LogP contribution is -2.46. The first-order chi connectivity index (χ1) is 13.4. The molecule has 28 heavy (non-hydrogen) atoms. The van der Waals surface area contributed by atoms with Crippen LogP contribution in [0.3, 0.4) is 0 Å². The predicted molar refractivity (Wildman–Crippen MR) is 110 cm³/mol. The van der Waals surface area contributed by atoms with Gasteiger partial charge >= 0.3 is 0 Å². The van der Waals surface area contributed by atoms with Crippen molar-refractivity contribution in [2.45, 2.75) is 63.4 Å². The summed E-state index contributed by atoms with van der Waals surface area (Å²) in [5.74, 6) is 1.85. The number of rotatable bonds is 6. The maximum atomic E-state index is 12.8. The fraction of sp³-hybridized carbons (Fsp3) is 0.600. The Morgan fingerprint density at radius 1 is 1.36 bits per heavy atom. The van der Waals surface area contributed by atoms with Crippen molar-refractivity contribution in [1.82, 2.24) is 25.5 Å². The third-order valence-electron chi connectivity index (χ3n) is 5.69. The summed E-state index contributed by atoms with van der Waals surface area (Å²) in [5.41, 5.74) is 1.84. The second-order valence-electron chi connectivity index (χ2n) is 7.69. The first kappa shape index (κ1) is 20.6. The maximum absolute atomic E-state index is 12.8. The second kappa shape index (κ2) is 8.94. The average Bonchev–Trinajstić information content (AvgIpc) is 3.13. The number of amides is 1. The number of carbonyl (C=O) groups excluding carboxylic acids is 1. The van der Waals surface area contributed by atoms with Crippen LogP contribution >= 0.6 is 11.8 Å². The molecule has 1 saturated carbocycles. The number of benzene rings is 1. The summed E-state index contributed by atoms with van der Waals surface area (Å²) in [6, 6.07) is 6.08. The highest BCUT2D eigenvalue weighted by atomic mass is 32.2. The van der Waals surface area contributed by atoms with Gasteiger partial charge in [-0.25, -0.2) is 0 Å². The van der Waals surface area contributed by atoms with Crippen molar-refractivity contribution in [2.75, 3.05) is 7.11 Å². The molecule has 0 radical (unpaired) electrons. The number of methoxy groups -OCH3 is 1. The van der Waals surface area contributed by atoms with Gasteiger partial charge in [0.05, 0.1) is 12.4 Å². The van der Waals surface area contributed by atoms with Crippen molar-refractivity contribution < 1.29 is 9.53 Å². The molecule has 1 aliphatic carbocycles. The van der Waals surface area contributed by atoms with E-state index in [1.165, 1.54) is 24.6 Å². The molecule has 1 aromatic carbocycles. The van der Waals surface area contributed by atoms with Gasteiger partial charge in [0.25, 0.3) is 0 Å². The SMILES string of the molecule is COc1ccc(C)cc1-n1nnnc1S[C@H](C)C(=O)N[C@@H]1CCC[C@H](C)[C@@H]1C. The van der Waals surface area contributed by atoms with Gasteiger partial charge in [0.2, 0.25) is 11.1 Å². The Balaban J connectivity index is 1.72. The number of aryl methyl sites for hydroxylation is 1. The molecular weight excluding hydrogens is 374 g/mol. The monoisotopic (exact) mass is 403 g/mol. The molecule has 1 amide bonds. The third kappa shape index (κ3) is 4.48. The molecule has 152 valence electrons. The van der Waals surface area contributed by atoms with Gasteiger partial charge in [-0.15, -0.1) is 5.10 Å². The Kier molecular flexibility index (Phi) is 6.59. The third-order valence-corrected chi connectivity index (χ3v) is 6.72.